The van der Waals surface area contributed by atoms with Crippen molar-refractivity contribution in [2.24, 2.45) is 11.5 Å². The molecular formula is C13H22N2O8. The number of hydrogen-bond donors (Lipinski definition) is 2. The minimum Gasteiger partial charge on any atom is -0.469 e. The fraction of sp³-hybridized carbons (Fsp3) is 0.692. The van der Waals surface area contributed by atoms with Crippen molar-refractivity contribution < 1.29 is 38.1 Å². The average Bonchev–Trinajstić information content (AvgIpc) is 2.45. The first kappa shape index (κ1) is 20.8. The number of methoxy groups -OCH3 is 1. The van der Waals surface area contributed by atoms with Gasteiger partial charge in [-0.3, -0.25) is 19.2 Å². The van der Waals surface area contributed by atoms with E-state index in [4.69, 9.17) is 16.2 Å². The van der Waals surface area contributed by atoms with Crippen molar-refractivity contribution in [2.45, 2.75) is 44.9 Å². The summed E-state index contributed by atoms with van der Waals surface area (Å²) in [5.41, 5.74) is 10.8. The highest BCUT2D eigenvalue weighted by molar-refractivity contribution is 5.83. The number of nitrogens with two attached hydrogens (primary N) is 2. The first-order chi connectivity index (χ1) is 10.7. The molecule has 10 heteroatoms. The van der Waals surface area contributed by atoms with Crippen LogP contribution in [-0.4, -0.2) is 56.0 Å². The fourth-order valence-electron chi connectivity index (χ4n) is 1.28. The smallest absolute Gasteiger partial charge is 0.326 e. The van der Waals surface area contributed by atoms with Crippen LogP contribution in [0.4, 0.5) is 0 Å². The van der Waals surface area contributed by atoms with Gasteiger partial charge in [-0.25, -0.2) is 0 Å². The van der Waals surface area contributed by atoms with Crippen LogP contribution in [0.5, 0.6) is 0 Å². The largest absolute Gasteiger partial charge is 0.469 e. The van der Waals surface area contributed by atoms with Gasteiger partial charge in [-0.1, -0.05) is 0 Å². The second kappa shape index (κ2) is 10.5. The van der Waals surface area contributed by atoms with Crippen molar-refractivity contribution in [2.75, 3.05) is 13.9 Å². The molecule has 0 unspecified atom stereocenters. The van der Waals surface area contributed by atoms with E-state index in [9.17, 15) is 19.2 Å². The molecule has 0 aromatic heterocycles. The lowest BCUT2D eigenvalue weighted by Crippen LogP contribution is -2.38. The first-order valence-electron chi connectivity index (χ1n) is 6.78. The third-order valence-corrected chi connectivity index (χ3v) is 2.38. The summed E-state index contributed by atoms with van der Waals surface area (Å²) in [5.74, 6) is -3.23. The van der Waals surface area contributed by atoms with Crippen LogP contribution in [-0.2, 0) is 38.1 Å². The summed E-state index contributed by atoms with van der Waals surface area (Å²) in [6, 6.07) is -2.49. The van der Waals surface area contributed by atoms with Crippen LogP contribution in [0.1, 0.15) is 26.7 Å². The maximum Gasteiger partial charge on any atom is 0.326 e. The standard InChI is InChI=1S/C13H22N2O8/c1-7(2)23-11(17)5-9(15)13(19)22-6-21-12(18)8(14)4-10(16)20-3/h7-9H,4-6,14-15H2,1-3H3/t8-,9-/m0/s1. The fourth-order valence-corrected chi connectivity index (χ4v) is 1.28. The van der Waals surface area contributed by atoms with Crippen molar-refractivity contribution in [3.05, 3.63) is 0 Å². The van der Waals surface area contributed by atoms with Crippen molar-refractivity contribution in [1.82, 2.24) is 0 Å². The van der Waals surface area contributed by atoms with Gasteiger partial charge in [-0.05, 0) is 13.8 Å². The molecule has 0 aliphatic rings. The van der Waals surface area contributed by atoms with Gasteiger partial charge in [0.15, 0.2) is 0 Å². The maximum absolute atomic E-state index is 11.5. The average molecular weight is 334 g/mol. The van der Waals surface area contributed by atoms with Gasteiger partial charge in [0.25, 0.3) is 0 Å². The van der Waals surface area contributed by atoms with Gasteiger partial charge in [0.1, 0.15) is 12.1 Å². The Labute approximate surface area is 133 Å². The molecule has 0 aromatic carbocycles. The van der Waals surface area contributed by atoms with E-state index in [0.717, 1.165) is 7.11 Å². The third-order valence-electron chi connectivity index (χ3n) is 2.38. The van der Waals surface area contributed by atoms with Crippen LogP contribution in [0.2, 0.25) is 0 Å². The van der Waals surface area contributed by atoms with Crippen molar-refractivity contribution >= 4 is 23.9 Å². The van der Waals surface area contributed by atoms with Crippen LogP contribution in [0.3, 0.4) is 0 Å². The molecule has 0 saturated carbocycles. The molecule has 0 amide bonds. The van der Waals surface area contributed by atoms with Gasteiger partial charge in [0.2, 0.25) is 6.79 Å². The molecule has 0 bridgehead atoms. The Hall–Kier alpha value is -2.20. The van der Waals surface area contributed by atoms with Crippen LogP contribution in [0.15, 0.2) is 0 Å². The quantitative estimate of drug-likeness (QED) is 0.291. The van der Waals surface area contributed by atoms with Crippen molar-refractivity contribution in [3.63, 3.8) is 0 Å². The molecule has 0 radical (unpaired) electrons. The van der Waals surface area contributed by atoms with E-state index < -0.39 is 42.8 Å². The zero-order chi connectivity index (χ0) is 18.0. The van der Waals surface area contributed by atoms with Gasteiger partial charge < -0.3 is 30.4 Å². The number of rotatable bonds is 9. The van der Waals surface area contributed by atoms with E-state index in [1.807, 2.05) is 0 Å². The Morgan fingerprint density at radius 3 is 1.70 bits per heavy atom. The predicted octanol–water partition coefficient (Wildman–Crippen LogP) is -1.41. The summed E-state index contributed by atoms with van der Waals surface area (Å²) in [7, 11) is 1.15. The molecule has 0 saturated heterocycles. The maximum atomic E-state index is 11.5. The summed E-state index contributed by atoms with van der Waals surface area (Å²) in [4.78, 5) is 45.1. The summed E-state index contributed by atoms with van der Waals surface area (Å²) in [6.07, 6.45) is -1.07. The minimum absolute atomic E-state index is 0.331. The molecule has 0 heterocycles. The Morgan fingerprint density at radius 2 is 1.30 bits per heavy atom. The molecule has 2 atom stereocenters. The van der Waals surface area contributed by atoms with Gasteiger partial charge in [0.05, 0.1) is 26.1 Å². The number of carbonyl (C=O) groups excluding carboxylic acids is 4. The molecule has 4 N–H and O–H groups in total. The highest BCUT2D eigenvalue weighted by atomic mass is 16.7. The van der Waals surface area contributed by atoms with E-state index in [1.54, 1.807) is 13.8 Å². The second-order valence-corrected chi connectivity index (χ2v) is 4.78. The molecular weight excluding hydrogens is 312 g/mol. The van der Waals surface area contributed by atoms with Gasteiger partial charge in [-0.2, -0.15) is 0 Å². The van der Waals surface area contributed by atoms with Crippen LogP contribution in [0.25, 0.3) is 0 Å². The van der Waals surface area contributed by atoms with Gasteiger partial charge >= 0.3 is 23.9 Å². The summed E-state index contributed by atoms with van der Waals surface area (Å²) in [5, 5.41) is 0. The van der Waals surface area contributed by atoms with E-state index in [2.05, 4.69) is 14.2 Å². The first-order valence-corrected chi connectivity index (χ1v) is 6.78. The Bertz CT molecular complexity index is 438. The summed E-state index contributed by atoms with van der Waals surface area (Å²) < 4.78 is 18.3. The SMILES string of the molecule is COC(=O)C[C@H](N)C(=O)OCOC(=O)[C@@H](N)CC(=O)OC(C)C. The lowest BCUT2D eigenvalue weighted by Gasteiger charge is -2.14. The molecule has 0 aromatic rings. The Morgan fingerprint density at radius 1 is 0.870 bits per heavy atom. The lowest BCUT2D eigenvalue weighted by atomic mass is 10.2. The predicted molar refractivity (Wildman–Crippen MR) is 75.5 cm³/mol. The molecule has 132 valence electrons. The molecule has 0 aliphatic heterocycles. The molecule has 10 nitrogen and oxygen atoms in total. The lowest BCUT2D eigenvalue weighted by molar-refractivity contribution is -0.171. The highest BCUT2D eigenvalue weighted by Gasteiger charge is 2.23. The van der Waals surface area contributed by atoms with Crippen LogP contribution in [0, 0.1) is 0 Å². The van der Waals surface area contributed by atoms with Gasteiger partial charge in [-0.15, -0.1) is 0 Å². The monoisotopic (exact) mass is 334 g/mol. The minimum atomic E-state index is -1.25. The Balaban J connectivity index is 4.07. The van der Waals surface area contributed by atoms with Gasteiger partial charge in [0, 0.05) is 0 Å². The Kier molecular flexibility index (Phi) is 9.51. The molecule has 0 fully saturated rings. The number of esters is 4. The van der Waals surface area contributed by atoms with Crippen LogP contribution >= 0.6 is 0 Å². The molecule has 0 aliphatic carbocycles. The highest BCUT2D eigenvalue weighted by Crippen LogP contribution is 2.00. The number of carbonyl (C=O) groups is 4. The zero-order valence-electron chi connectivity index (χ0n) is 13.3. The van der Waals surface area contributed by atoms with E-state index in [0.29, 0.717) is 0 Å². The third kappa shape index (κ3) is 9.42. The number of hydrogen-bond acceptors (Lipinski definition) is 10. The number of ether oxygens (including phenoxy) is 4. The zero-order valence-corrected chi connectivity index (χ0v) is 13.3. The normalized spacial score (nSPS) is 13.0. The van der Waals surface area contributed by atoms with E-state index >= 15 is 0 Å². The summed E-state index contributed by atoms with van der Waals surface area (Å²) >= 11 is 0. The van der Waals surface area contributed by atoms with Crippen molar-refractivity contribution in [1.29, 1.82) is 0 Å². The molecule has 0 spiro atoms. The van der Waals surface area contributed by atoms with E-state index in [-0.39, 0.29) is 18.9 Å². The topological polar surface area (TPSA) is 157 Å². The summed E-state index contributed by atoms with van der Waals surface area (Å²) in [6.45, 7) is 2.57. The van der Waals surface area contributed by atoms with Crippen molar-refractivity contribution in [3.8, 4) is 0 Å². The van der Waals surface area contributed by atoms with Crippen LogP contribution < -0.4 is 11.5 Å². The van der Waals surface area contributed by atoms with E-state index in [1.165, 1.54) is 0 Å². The molecule has 23 heavy (non-hydrogen) atoms. The molecule has 0 rings (SSSR count). The second-order valence-electron chi connectivity index (χ2n) is 4.78.